The molecule has 2 aromatic carbocycles. The number of nitrogens with one attached hydrogen (secondary N) is 2. The Labute approximate surface area is 221 Å². The minimum Gasteiger partial charge on any atom is -0.494 e. The maximum Gasteiger partial charge on any atom is 0.342 e. The number of carbonyl (C=O) groups excluding carboxylic acids is 1. The average molecular weight is 529 g/mol. The van der Waals surface area contributed by atoms with E-state index in [-0.39, 0.29) is 6.61 Å². The van der Waals surface area contributed by atoms with E-state index < -0.39 is 5.97 Å². The van der Waals surface area contributed by atoms with Crippen molar-refractivity contribution >= 4 is 46.2 Å². The van der Waals surface area contributed by atoms with Crippen molar-refractivity contribution < 1.29 is 14.3 Å². The van der Waals surface area contributed by atoms with Crippen LogP contribution in [0, 0.1) is 6.92 Å². The van der Waals surface area contributed by atoms with Gasteiger partial charge in [-0.25, -0.2) is 4.79 Å². The summed E-state index contributed by atoms with van der Waals surface area (Å²) < 4.78 is 11.0. The summed E-state index contributed by atoms with van der Waals surface area (Å²) in [5.41, 5.74) is 4.81. The molecule has 1 aliphatic heterocycles. The highest BCUT2D eigenvalue weighted by molar-refractivity contribution is 6.36. The number of rotatable bonds is 8. The lowest BCUT2D eigenvalue weighted by molar-refractivity contribution is 0.0526. The first kappa shape index (κ1) is 26.1. The number of anilines is 3. The zero-order valence-electron chi connectivity index (χ0n) is 20.7. The van der Waals surface area contributed by atoms with E-state index in [0.29, 0.717) is 39.2 Å². The molecule has 9 heteroatoms. The first-order valence-corrected chi connectivity index (χ1v) is 12.7. The first-order chi connectivity index (χ1) is 17.4. The van der Waals surface area contributed by atoms with Gasteiger partial charge in [0.1, 0.15) is 11.3 Å². The summed E-state index contributed by atoms with van der Waals surface area (Å²) in [5, 5.41) is 7.89. The Hall–Kier alpha value is -3.00. The third-order valence-corrected chi connectivity index (χ3v) is 6.80. The summed E-state index contributed by atoms with van der Waals surface area (Å²) in [5.74, 6) is 0.231. The van der Waals surface area contributed by atoms with Gasteiger partial charge < -0.3 is 25.0 Å². The smallest absolute Gasteiger partial charge is 0.342 e. The highest BCUT2D eigenvalue weighted by atomic mass is 35.5. The number of aryl methyl sites for hydroxylation is 1. The van der Waals surface area contributed by atoms with Crippen LogP contribution in [-0.2, 0) is 11.2 Å². The second-order valence-electron chi connectivity index (χ2n) is 8.47. The molecule has 0 saturated carbocycles. The number of methoxy groups -OCH3 is 1. The van der Waals surface area contributed by atoms with Crippen LogP contribution in [-0.4, -0.2) is 50.8 Å². The molecule has 1 saturated heterocycles. The number of pyridine rings is 1. The third kappa shape index (κ3) is 5.86. The topological polar surface area (TPSA) is 75.7 Å². The van der Waals surface area contributed by atoms with Crippen LogP contribution in [0.2, 0.25) is 10.0 Å². The molecule has 0 spiro atoms. The molecule has 1 aromatic heterocycles. The van der Waals surface area contributed by atoms with Gasteiger partial charge in [0.05, 0.1) is 30.8 Å². The van der Waals surface area contributed by atoms with Gasteiger partial charge in [0.25, 0.3) is 0 Å². The minimum atomic E-state index is -0.441. The molecule has 0 amide bonds. The molecule has 2 heterocycles. The number of nitrogens with zero attached hydrogens (tertiary/aromatic N) is 2. The summed E-state index contributed by atoms with van der Waals surface area (Å²) in [6, 6.07) is 13.3. The number of carbonyl (C=O) groups is 1. The highest BCUT2D eigenvalue weighted by Gasteiger charge is 2.21. The number of ether oxygens (including phenoxy) is 2. The molecule has 0 atom stereocenters. The van der Waals surface area contributed by atoms with Crippen molar-refractivity contribution in [2.75, 3.05) is 50.1 Å². The predicted molar refractivity (Wildman–Crippen MR) is 146 cm³/mol. The standard InChI is InChI=1S/C27H30Cl2N4O3/c1-4-36-27(34)26-17(2)31-18(14-20-21(28)6-5-7-22(20)29)15-24(26)32-23-9-8-19(16-25(23)35-3)33-12-10-30-11-13-33/h5-9,15-16,30H,4,10-14H2,1-3H3,(H,31,32). The van der Waals surface area contributed by atoms with Crippen LogP contribution in [0.5, 0.6) is 5.75 Å². The van der Waals surface area contributed by atoms with Crippen LogP contribution in [0.15, 0.2) is 42.5 Å². The lowest BCUT2D eigenvalue weighted by atomic mass is 10.0. The van der Waals surface area contributed by atoms with Crippen molar-refractivity contribution in [3.63, 3.8) is 0 Å². The molecule has 4 rings (SSSR count). The van der Waals surface area contributed by atoms with E-state index in [9.17, 15) is 4.79 Å². The Morgan fingerprint density at radius 1 is 1.11 bits per heavy atom. The third-order valence-electron chi connectivity index (χ3n) is 6.09. The maximum absolute atomic E-state index is 12.9. The molecule has 0 aliphatic carbocycles. The summed E-state index contributed by atoms with van der Waals surface area (Å²) in [4.78, 5) is 19.9. The Morgan fingerprint density at radius 2 is 1.83 bits per heavy atom. The normalized spacial score (nSPS) is 13.4. The van der Waals surface area contributed by atoms with E-state index >= 15 is 0 Å². The maximum atomic E-state index is 12.9. The van der Waals surface area contributed by atoms with Crippen molar-refractivity contribution in [3.05, 3.63) is 75.0 Å². The average Bonchev–Trinajstić information content (AvgIpc) is 2.87. The Balaban J connectivity index is 1.72. The first-order valence-electron chi connectivity index (χ1n) is 11.9. The van der Waals surface area contributed by atoms with Crippen LogP contribution in [0.1, 0.15) is 34.2 Å². The fraction of sp³-hybridized carbons (Fsp3) is 0.333. The summed E-state index contributed by atoms with van der Waals surface area (Å²) in [6.07, 6.45) is 0.413. The van der Waals surface area contributed by atoms with Crippen LogP contribution in [0.3, 0.4) is 0 Å². The van der Waals surface area contributed by atoms with Gasteiger partial charge in [-0.2, -0.15) is 0 Å². The van der Waals surface area contributed by atoms with Crippen molar-refractivity contribution in [2.45, 2.75) is 20.3 Å². The molecule has 1 aliphatic rings. The van der Waals surface area contributed by atoms with E-state index in [4.69, 9.17) is 32.7 Å². The lowest BCUT2D eigenvalue weighted by Gasteiger charge is -2.30. The van der Waals surface area contributed by atoms with E-state index in [2.05, 4.69) is 26.6 Å². The van der Waals surface area contributed by atoms with Crippen molar-refractivity contribution in [2.24, 2.45) is 0 Å². The number of hydrogen-bond donors (Lipinski definition) is 2. The Morgan fingerprint density at radius 3 is 2.50 bits per heavy atom. The van der Waals surface area contributed by atoms with Gasteiger partial charge in [-0.05, 0) is 49.7 Å². The minimum absolute atomic E-state index is 0.261. The Kier molecular flexibility index (Phi) is 8.56. The van der Waals surface area contributed by atoms with Gasteiger partial charge in [0.15, 0.2) is 0 Å². The molecule has 0 radical (unpaired) electrons. The number of piperazine rings is 1. The zero-order chi connectivity index (χ0) is 25.7. The van der Waals surface area contributed by atoms with Gasteiger partial charge in [-0.1, -0.05) is 29.3 Å². The van der Waals surface area contributed by atoms with E-state index in [1.54, 1.807) is 39.2 Å². The molecular weight excluding hydrogens is 499 g/mol. The molecular formula is C27H30Cl2N4O3. The number of halogens is 2. The number of benzene rings is 2. The quantitative estimate of drug-likeness (QED) is 0.367. The molecule has 1 fully saturated rings. The van der Waals surface area contributed by atoms with E-state index in [0.717, 1.165) is 48.8 Å². The number of aromatic nitrogens is 1. The lowest BCUT2D eigenvalue weighted by Crippen LogP contribution is -2.43. The number of esters is 1. The van der Waals surface area contributed by atoms with Crippen LogP contribution < -0.4 is 20.3 Å². The molecule has 0 bridgehead atoms. The van der Waals surface area contributed by atoms with Gasteiger partial charge in [-0.3, -0.25) is 4.98 Å². The molecule has 0 unspecified atom stereocenters. The van der Waals surface area contributed by atoms with Crippen LogP contribution in [0.25, 0.3) is 0 Å². The van der Waals surface area contributed by atoms with Gasteiger partial charge in [0, 0.05) is 60.1 Å². The van der Waals surface area contributed by atoms with Crippen molar-refractivity contribution in [3.8, 4) is 5.75 Å². The second-order valence-corrected chi connectivity index (χ2v) is 9.28. The Bertz CT molecular complexity index is 1230. The molecule has 3 aromatic rings. The second kappa shape index (κ2) is 11.8. The SMILES string of the molecule is CCOC(=O)c1c(Nc2ccc(N3CCNCC3)cc2OC)cc(Cc2c(Cl)cccc2Cl)nc1C. The fourth-order valence-corrected chi connectivity index (χ4v) is 4.85. The van der Waals surface area contributed by atoms with E-state index in [1.807, 2.05) is 18.2 Å². The molecule has 7 nitrogen and oxygen atoms in total. The largest absolute Gasteiger partial charge is 0.494 e. The summed E-state index contributed by atoms with van der Waals surface area (Å²) in [7, 11) is 1.64. The van der Waals surface area contributed by atoms with E-state index in [1.165, 1.54) is 0 Å². The van der Waals surface area contributed by atoms with Crippen molar-refractivity contribution in [1.29, 1.82) is 0 Å². The molecule has 2 N–H and O–H groups in total. The molecule has 36 heavy (non-hydrogen) atoms. The van der Waals surface area contributed by atoms with Gasteiger partial charge >= 0.3 is 5.97 Å². The van der Waals surface area contributed by atoms with Crippen LogP contribution in [0.4, 0.5) is 17.1 Å². The monoisotopic (exact) mass is 528 g/mol. The predicted octanol–water partition coefficient (Wildman–Crippen LogP) is 5.63. The van der Waals surface area contributed by atoms with Crippen molar-refractivity contribution in [1.82, 2.24) is 10.3 Å². The van der Waals surface area contributed by atoms with Crippen LogP contribution >= 0.6 is 23.2 Å². The summed E-state index contributed by atoms with van der Waals surface area (Å²) in [6.45, 7) is 7.58. The van der Waals surface area contributed by atoms with Gasteiger partial charge in [-0.15, -0.1) is 0 Å². The zero-order valence-corrected chi connectivity index (χ0v) is 22.2. The molecule has 190 valence electrons. The van der Waals surface area contributed by atoms with Gasteiger partial charge in [0.2, 0.25) is 0 Å². The number of hydrogen-bond acceptors (Lipinski definition) is 7. The fourth-order valence-electron chi connectivity index (χ4n) is 4.32. The highest BCUT2D eigenvalue weighted by Crippen LogP contribution is 2.35. The summed E-state index contributed by atoms with van der Waals surface area (Å²) >= 11 is 12.8.